The lowest BCUT2D eigenvalue weighted by Crippen LogP contribution is -2.53. The summed E-state index contributed by atoms with van der Waals surface area (Å²) >= 11 is 1.73. The van der Waals surface area contributed by atoms with Gasteiger partial charge < -0.3 is 5.73 Å². The number of aromatic nitrogens is 1. The van der Waals surface area contributed by atoms with Crippen molar-refractivity contribution < 1.29 is 0 Å². The molecule has 0 saturated heterocycles. The number of aryl methyl sites for hydroxylation is 1. The van der Waals surface area contributed by atoms with Crippen LogP contribution in [0.1, 0.15) is 49.7 Å². The van der Waals surface area contributed by atoms with Gasteiger partial charge in [-0.25, -0.2) is 4.98 Å². The maximum absolute atomic E-state index is 6.13. The molecule has 0 atom stereocenters. The van der Waals surface area contributed by atoms with Crippen LogP contribution in [0.15, 0.2) is 5.38 Å². The zero-order chi connectivity index (χ0) is 13.9. The molecule has 1 aliphatic rings. The lowest BCUT2D eigenvalue weighted by molar-refractivity contribution is 0.0571. The van der Waals surface area contributed by atoms with Crippen molar-refractivity contribution in [2.75, 3.05) is 13.6 Å². The van der Waals surface area contributed by atoms with Gasteiger partial charge in [-0.1, -0.05) is 13.3 Å². The predicted octanol–water partition coefficient (Wildman–Crippen LogP) is 3.18. The Balaban J connectivity index is 2.00. The van der Waals surface area contributed by atoms with Gasteiger partial charge in [0.15, 0.2) is 0 Å². The summed E-state index contributed by atoms with van der Waals surface area (Å²) in [6.07, 6.45) is 6.45. The standard InChI is InChI=1S/C15H27N3S/c1-4-13-5-7-15(11-16,8-6-13)18(3)9-14-10-19-12(2)17-14/h10,13H,4-9,11,16H2,1-3H3. The van der Waals surface area contributed by atoms with Crippen LogP contribution in [0, 0.1) is 12.8 Å². The fraction of sp³-hybridized carbons (Fsp3) is 0.800. The SMILES string of the molecule is CCC1CCC(CN)(N(C)Cc2csc(C)n2)CC1. The van der Waals surface area contributed by atoms with E-state index in [0.717, 1.165) is 24.0 Å². The largest absolute Gasteiger partial charge is 0.329 e. The molecule has 108 valence electrons. The normalized spacial score (nSPS) is 27.9. The molecule has 4 heteroatoms. The molecular formula is C15H27N3S. The summed E-state index contributed by atoms with van der Waals surface area (Å²) in [4.78, 5) is 7.03. The molecule has 1 heterocycles. The molecule has 1 fully saturated rings. The summed E-state index contributed by atoms with van der Waals surface area (Å²) < 4.78 is 0. The Morgan fingerprint density at radius 1 is 1.47 bits per heavy atom. The molecule has 1 aliphatic carbocycles. The van der Waals surface area contributed by atoms with Crippen molar-refractivity contribution in [3.05, 3.63) is 16.1 Å². The van der Waals surface area contributed by atoms with E-state index >= 15 is 0 Å². The highest BCUT2D eigenvalue weighted by Crippen LogP contribution is 2.37. The minimum Gasteiger partial charge on any atom is -0.329 e. The van der Waals surface area contributed by atoms with E-state index in [4.69, 9.17) is 5.73 Å². The van der Waals surface area contributed by atoms with Crippen molar-refractivity contribution >= 4 is 11.3 Å². The van der Waals surface area contributed by atoms with Crippen molar-refractivity contribution in [3.63, 3.8) is 0 Å². The Kier molecular flexibility index (Phi) is 4.98. The van der Waals surface area contributed by atoms with Crippen molar-refractivity contribution in [1.82, 2.24) is 9.88 Å². The maximum Gasteiger partial charge on any atom is 0.0897 e. The highest BCUT2D eigenvalue weighted by Gasteiger charge is 2.37. The Hall–Kier alpha value is -0.450. The highest BCUT2D eigenvalue weighted by atomic mass is 32.1. The molecule has 1 aromatic rings. The second kappa shape index (κ2) is 6.33. The summed E-state index contributed by atoms with van der Waals surface area (Å²) in [5.41, 5.74) is 7.51. The van der Waals surface area contributed by atoms with Crippen LogP contribution in [0.2, 0.25) is 0 Å². The zero-order valence-electron chi connectivity index (χ0n) is 12.5. The molecule has 0 spiro atoms. The molecule has 0 radical (unpaired) electrons. The smallest absolute Gasteiger partial charge is 0.0897 e. The molecule has 1 saturated carbocycles. The summed E-state index contributed by atoms with van der Waals surface area (Å²) in [5.74, 6) is 0.912. The van der Waals surface area contributed by atoms with Gasteiger partial charge in [0.2, 0.25) is 0 Å². The van der Waals surface area contributed by atoms with Crippen LogP contribution in [-0.2, 0) is 6.54 Å². The predicted molar refractivity (Wildman–Crippen MR) is 82.4 cm³/mol. The summed E-state index contributed by atoms with van der Waals surface area (Å²) in [6.45, 7) is 6.07. The quantitative estimate of drug-likeness (QED) is 0.901. The topological polar surface area (TPSA) is 42.1 Å². The molecule has 3 nitrogen and oxygen atoms in total. The van der Waals surface area contributed by atoms with Gasteiger partial charge in [0.1, 0.15) is 0 Å². The molecular weight excluding hydrogens is 254 g/mol. The first-order valence-electron chi connectivity index (χ1n) is 7.42. The van der Waals surface area contributed by atoms with Crippen LogP contribution in [0.3, 0.4) is 0 Å². The molecule has 0 unspecified atom stereocenters. The van der Waals surface area contributed by atoms with Gasteiger partial charge in [0.05, 0.1) is 10.7 Å². The number of rotatable bonds is 5. The second-order valence-electron chi connectivity index (χ2n) is 5.99. The first-order valence-corrected chi connectivity index (χ1v) is 8.30. The van der Waals surface area contributed by atoms with Crippen molar-refractivity contribution in [1.29, 1.82) is 0 Å². The van der Waals surface area contributed by atoms with Gasteiger partial charge in [-0.15, -0.1) is 11.3 Å². The van der Waals surface area contributed by atoms with E-state index in [1.54, 1.807) is 11.3 Å². The van der Waals surface area contributed by atoms with Crippen molar-refractivity contribution in [3.8, 4) is 0 Å². The van der Waals surface area contributed by atoms with Crippen LogP contribution >= 0.6 is 11.3 Å². The van der Waals surface area contributed by atoms with Crippen LogP contribution in [-0.4, -0.2) is 29.0 Å². The average Bonchev–Trinajstić information content (AvgIpc) is 2.84. The van der Waals surface area contributed by atoms with Gasteiger partial charge in [-0.05, 0) is 45.6 Å². The number of nitrogens with two attached hydrogens (primary N) is 1. The maximum atomic E-state index is 6.13. The number of likely N-dealkylation sites (N-methyl/N-ethyl adjacent to an activating group) is 1. The van der Waals surface area contributed by atoms with Crippen molar-refractivity contribution in [2.24, 2.45) is 11.7 Å². The molecule has 0 aromatic carbocycles. The lowest BCUT2D eigenvalue weighted by atomic mass is 9.74. The number of thiazole rings is 1. The summed E-state index contributed by atoms with van der Waals surface area (Å²) in [6, 6.07) is 0. The van der Waals surface area contributed by atoms with E-state index in [0.29, 0.717) is 0 Å². The Bertz CT molecular complexity index is 394. The van der Waals surface area contributed by atoms with E-state index in [1.807, 2.05) is 0 Å². The average molecular weight is 281 g/mol. The summed E-state index contributed by atoms with van der Waals surface area (Å²) in [5, 5.41) is 3.33. The third-order valence-electron chi connectivity index (χ3n) is 4.87. The third-order valence-corrected chi connectivity index (χ3v) is 5.69. The Morgan fingerprint density at radius 2 is 2.16 bits per heavy atom. The molecule has 1 aromatic heterocycles. The second-order valence-corrected chi connectivity index (χ2v) is 7.06. The molecule has 2 rings (SSSR count). The fourth-order valence-electron chi connectivity index (χ4n) is 3.26. The van der Waals surface area contributed by atoms with Gasteiger partial charge >= 0.3 is 0 Å². The van der Waals surface area contributed by atoms with E-state index in [9.17, 15) is 0 Å². The van der Waals surface area contributed by atoms with Gasteiger partial charge in [0.25, 0.3) is 0 Å². The lowest BCUT2D eigenvalue weighted by Gasteiger charge is -2.45. The Morgan fingerprint density at radius 3 is 2.63 bits per heavy atom. The molecule has 0 aliphatic heterocycles. The first kappa shape index (κ1) is 14.9. The molecule has 0 bridgehead atoms. The Labute approximate surface area is 121 Å². The third kappa shape index (κ3) is 3.36. The number of hydrogen-bond acceptors (Lipinski definition) is 4. The van der Waals surface area contributed by atoms with Crippen molar-refractivity contribution in [2.45, 2.75) is 58.0 Å². The van der Waals surface area contributed by atoms with Gasteiger partial charge in [0, 0.05) is 24.0 Å². The van der Waals surface area contributed by atoms with Crippen LogP contribution in [0.5, 0.6) is 0 Å². The van der Waals surface area contributed by atoms with Crippen LogP contribution in [0.4, 0.5) is 0 Å². The highest BCUT2D eigenvalue weighted by molar-refractivity contribution is 7.09. The minimum absolute atomic E-state index is 0.198. The monoisotopic (exact) mass is 281 g/mol. The van der Waals surface area contributed by atoms with E-state index < -0.39 is 0 Å². The first-order chi connectivity index (χ1) is 9.09. The molecule has 19 heavy (non-hydrogen) atoms. The molecule has 2 N–H and O–H groups in total. The van der Waals surface area contributed by atoms with E-state index in [-0.39, 0.29) is 5.54 Å². The molecule has 0 amide bonds. The summed E-state index contributed by atoms with van der Waals surface area (Å²) in [7, 11) is 2.22. The minimum atomic E-state index is 0.198. The zero-order valence-corrected chi connectivity index (χ0v) is 13.3. The van der Waals surface area contributed by atoms with Gasteiger partial charge in [-0.2, -0.15) is 0 Å². The van der Waals surface area contributed by atoms with Crippen LogP contribution < -0.4 is 5.73 Å². The van der Waals surface area contributed by atoms with Gasteiger partial charge in [-0.3, -0.25) is 4.90 Å². The number of hydrogen-bond donors (Lipinski definition) is 1. The van der Waals surface area contributed by atoms with Crippen LogP contribution in [0.25, 0.3) is 0 Å². The van der Waals surface area contributed by atoms with E-state index in [1.165, 1.54) is 37.8 Å². The fourth-order valence-corrected chi connectivity index (χ4v) is 3.86. The van der Waals surface area contributed by atoms with E-state index in [2.05, 4.69) is 36.2 Å². The number of nitrogens with zero attached hydrogens (tertiary/aromatic N) is 2.